The van der Waals surface area contributed by atoms with E-state index in [0.717, 1.165) is 44.2 Å². The van der Waals surface area contributed by atoms with Crippen molar-refractivity contribution < 1.29 is 28.9 Å². The number of carbonyl (C=O) groups is 2. The van der Waals surface area contributed by atoms with Crippen LogP contribution in [0.2, 0.25) is 0 Å². The van der Waals surface area contributed by atoms with Gasteiger partial charge < -0.3 is 24.6 Å². The lowest BCUT2D eigenvalue weighted by Crippen LogP contribution is -2.35. The smallest absolute Gasteiger partial charge is 0.303 e. The molecule has 0 aliphatic carbocycles. The molecular weight excluding hydrogens is 576 g/mol. The normalized spacial score (nSPS) is 18.8. The number of aliphatic hydroxyl groups excluding tert-OH is 1. The molecule has 4 aromatic rings. The van der Waals surface area contributed by atoms with Gasteiger partial charge >= 0.3 is 5.97 Å². The van der Waals surface area contributed by atoms with Gasteiger partial charge in [-0.2, -0.15) is 0 Å². The molecule has 0 saturated carbocycles. The van der Waals surface area contributed by atoms with Crippen LogP contribution in [0.4, 0.5) is 0 Å². The summed E-state index contributed by atoms with van der Waals surface area (Å²) in [5, 5.41) is 13.2. The third-order valence-corrected chi connectivity index (χ3v) is 8.37. The fourth-order valence-electron chi connectivity index (χ4n) is 4.96. The van der Waals surface area contributed by atoms with Crippen molar-refractivity contribution in [3.05, 3.63) is 119 Å². The minimum atomic E-state index is -0.847. The number of carbonyl (C=O) groups excluding carboxylic acids is 2. The average molecular weight is 613 g/mol. The number of thioether (sulfide) groups is 1. The number of ether oxygens (including phenoxy) is 3. The van der Waals surface area contributed by atoms with Crippen LogP contribution < -0.4 is 5.32 Å². The Bertz CT molecular complexity index is 1530. The van der Waals surface area contributed by atoms with E-state index in [4.69, 9.17) is 14.2 Å². The number of aliphatic hydroxyl groups is 1. The Morgan fingerprint density at radius 3 is 2.43 bits per heavy atom. The van der Waals surface area contributed by atoms with Crippen LogP contribution >= 0.6 is 11.8 Å². The van der Waals surface area contributed by atoms with Gasteiger partial charge in [0.15, 0.2) is 12.4 Å². The van der Waals surface area contributed by atoms with Gasteiger partial charge in [-0.05, 0) is 52.9 Å². The van der Waals surface area contributed by atoms with Gasteiger partial charge in [0.25, 0.3) is 5.91 Å². The minimum absolute atomic E-state index is 0.0000612. The topological polar surface area (TPSA) is 107 Å². The molecule has 0 spiro atoms. The number of rotatable bonds is 11. The maximum Gasteiger partial charge on any atom is 0.303 e. The van der Waals surface area contributed by atoms with Gasteiger partial charge in [0.1, 0.15) is 0 Å². The Hall–Kier alpha value is -4.02. The lowest BCUT2D eigenvalue weighted by atomic mass is 9.99. The summed E-state index contributed by atoms with van der Waals surface area (Å²) in [6, 6.07) is 29.8. The molecule has 5 rings (SSSR count). The highest BCUT2D eigenvalue weighted by Crippen LogP contribution is 2.39. The van der Waals surface area contributed by atoms with Gasteiger partial charge in [0.2, 0.25) is 0 Å². The molecule has 9 heteroatoms. The van der Waals surface area contributed by atoms with E-state index in [2.05, 4.69) is 10.3 Å². The van der Waals surface area contributed by atoms with E-state index in [1.807, 2.05) is 91.0 Å². The fourth-order valence-corrected chi connectivity index (χ4v) is 5.84. The van der Waals surface area contributed by atoms with Crippen LogP contribution in [-0.2, 0) is 37.0 Å². The SMILES string of the molecule is CC(=O)O[C@@H](C)C(=O)NCc1cccc(-c2ccc([C@H]3O[C@@H](CSc4ccccn4)C[C@@H](c4ccc(CO)cc4)O3)cc2)c1. The van der Waals surface area contributed by atoms with Gasteiger partial charge in [-0.25, -0.2) is 4.98 Å². The first kappa shape index (κ1) is 31.4. The van der Waals surface area contributed by atoms with Gasteiger partial charge in [0.05, 0.1) is 23.8 Å². The van der Waals surface area contributed by atoms with Crippen molar-refractivity contribution in [1.29, 1.82) is 0 Å². The quantitative estimate of drug-likeness (QED) is 0.154. The summed E-state index contributed by atoms with van der Waals surface area (Å²) in [5.74, 6) is -0.0987. The van der Waals surface area contributed by atoms with Crippen molar-refractivity contribution in [1.82, 2.24) is 10.3 Å². The number of hydrogen-bond donors (Lipinski definition) is 2. The molecule has 1 amide bonds. The van der Waals surface area contributed by atoms with Crippen molar-refractivity contribution in [2.24, 2.45) is 0 Å². The lowest BCUT2D eigenvalue weighted by molar-refractivity contribution is -0.245. The van der Waals surface area contributed by atoms with Crippen molar-refractivity contribution in [2.45, 2.75) is 63.0 Å². The van der Waals surface area contributed by atoms with Gasteiger partial charge in [-0.3, -0.25) is 9.59 Å². The Balaban J connectivity index is 1.28. The summed E-state index contributed by atoms with van der Waals surface area (Å²) in [5.41, 5.74) is 5.78. The summed E-state index contributed by atoms with van der Waals surface area (Å²) in [7, 11) is 0. The maximum atomic E-state index is 12.2. The zero-order valence-corrected chi connectivity index (χ0v) is 25.5. The fraction of sp³-hybridized carbons (Fsp3) is 0.286. The molecule has 0 bridgehead atoms. The molecule has 8 nitrogen and oxygen atoms in total. The second kappa shape index (κ2) is 15.1. The van der Waals surface area contributed by atoms with Crippen molar-refractivity contribution in [3.8, 4) is 11.1 Å². The summed E-state index contributed by atoms with van der Waals surface area (Å²) < 4.78 is 17.9. The van der Waals surface area contributed by atoms with E-state index in [1.54, 1.807) is 24.9 Å². The largest absolute Gasteiger partial charge is 0.453 e. The Labute approximate surface area is 261 Å². The molecule has 44 heavy (non-hydrogen) atoms. The van der Waals surface area contributed by atoms with Gasteiger partial charge in [-0.15, -0.1) is 11.8 Å². The molecule has 1 aliphatic rings. The molecule has 4 atom stereocenters. The van der Waals surface area contributed by atoms with Crippen LogP contribution in [0.25, 0.3) is 11.1 Å². The third-order valence-electron chi connectivity index (χ3n) is 7.29. The zero-order valence-electron chi connectivity index (χ0n) is 24.7. The molecule has 0 radical (unpaired) electrons. The third kappa shape index (κ3) is 8.54. The summed E-state index contributed by atoms with van der Waals surface area (Å²) in [6.07, 6.45) is 0.886. The maximum absolute atomic E-state index is 12.2. The van der Waals surface area contributed by atoms with Gasteiger partial charge in [0, 0.05) is 37.4 Å². The van der Waals surface area contributed by atoms with E-state index in [9.17, 15) is 14.7 Å². The first-order chi connectivity index (χ1) is 21.4. The van der Waals surface area contributed by atoms with E-state index >= 15 is 0 Å². The molecule has 1 aromatic heterocycles. The summed E-state index contributed by atoms with van der Waals surface area (Å²) in [6.45, 7) is 3.14. The Kier molecular flexibility index (Phi) is 10.8. The number of nitrogens with zero attached hydrogens (tertiary/aromatic N) is 1. The summed E-state index contributed by atoms with van der Waals surface area (Å²) >= 11 is 1.67. The molecule has 228 valence electrons. The first-order valence-corrected chi connectivity index (χ1v) is 15.5. The molecule has 0 unspecified atom stereocenters. The van der Waals surface area contributed by atoms with Crippen LogP contribution in [0.15, 0.2) is 102 Å². The zero-order chi connectivity index (χ0) is 30.9. The second-order valence-corrected chi connectivity index (χ2v) is 11.7. The molecular formula is C35H36N2O6S. The highest BCUT2D eigenvalue weighted by atomic mass is 32.2. The molecule has 1 fully saturated rings. The van der Waals surface area contributed by atoms with E-state index < -0.39 is 18.4 Å². The molecule has 2 heterocycles. The Morgan fingerprint density at radius 2 is 1.73 bits per heavy atom. The minimum Gasteiger partial charge on any atom is -0.453 e. The second-order valence-electron chi connectivity index (χ2n) is 10.6. The molecule has 3 aromatic carbocycles. The number of esters is 1. The van der Waals surface area contributed by atoms with Crippen molar-refractivity contribution in [2.75, 3.05) is 5.75 Å². The van der Waals surface area contributed by atoms with Crippen molar-refractivity contribution >= 4 is 23.6 Å². The Morgan fingerprint density at radius 1 is 0.955 bits per heavy atom. The number of benzene rings is 3. The number of amides is 1. The lowest BCUT2D eigenvalue weighted by Gasteiger charge is -2.36. The van der Waals surface area contributed by atoms with E-state index in [1.165, 1.54) is 6.92 Å². The van der Waals surface area contributed by atoms with E-state index in [-0.39, 0.29) is 24.7 Å². The van der Waals surface area contributed by atoms with Crippen LogP contribution in [-0.4, -0.2) is 39.9 Å². The van der Waals surface area contributed by atoms with Crippen LogP contribution in [0.3, 0.4) is 0 Å². The van der Waals surface area contributed by atoms with Crippen molar-refractivity contribution in [3.63, 3.8) is 0 Å². The molecule has 2 N–H and O–H groups in total. The summed E-state index contributed by atoms with van der Waals surface area (Å²) in [4.78, 5) is 27.8. The van der Waals surface area contributed by atoms with Crippen LogP contribution in [0.5, 0.6) is 0 Å². The molecule has 1 saturated heterocycles. The number of nitrogens with one attached hydrogen (secondary N) is 1. The highest BCUT2D eigenvalue weighted by molar-refractivity contribution is 7.99. The van der Waals surface area contributed by atoms with Crippen LogP contribution in [0, 0.1) is 0 Å². The number of aromatic nitrogens is 1. The van der Waals surface area contributed by atoms with Gasteiger partial charge in [-0.1, -0.05) is 72.8 Å². The van der Waals surface area contributed by atoms with Crippen LogP contribution in [0.1, 0.15) is 54.9 Å². The standard InChI is InChI=1S/C35H36N2O6S/c1-23(41-24(2)39)34(40)37-20-26-6-5-7-30(18-26)27-13-15-29(16-14-27)35-42-31(22-44-33-8-3-4-17-36-33)19-32(43-35)28-11-9-25(21-38)10-12-28/h3-18,23,31-32,35,38H,19-22H2,1-2H3,(H,37,40)/t23-,31+,32-,35-/m0/s1. The predicted octanol–water partition coefficient (Wildman–Crippen LogP) is 6.15. The number of hydrogen-bond acceptors (Lipinski definition) is 8. The first-order valence-electron chi connectivity index (χ1n) is 14.6. The van der Waals surface area contributed by atoms with E-state index in [0.29, 0.717) is 13.0 Å². The average Bonchev–Trinajstić information content (AvgIpc) is 3.06. The monoisotopic (exact) mass is 612 g/mol. The molecule has 1 aliphatic heterocycles. The predicted molar refractivity (Wildman–Crippen MR) is 168 cm³/mol. The number of pyridine rings is 1. The highest BCUT2D eigenvalue weighted by Gasteiger charge is 2.32.